The molecule has 0 aromatic heterocycles. The second-order valence-electron chi connectivity index (χ2n) is 7.31. The van der Waals surface area contributed by atoms with E-state index in [-0.39, 0.29) is 5.92 Å². The van der Waals surface area contributed by atoms with E-state index < -0.39 is 59.9 Å². The highest BCUT2D eigenvalue weighted by atomic mass is 16.4. The number of aliphatic hydroxyl groups is 1. The third-order valence-corrected chi connectivity index (χ3v) is 3.95. The first kappa shape index (κ1) is 24.8. The van der Waals surface area contributed by atoms with Crippen molar-refractivity contribution in [3.8, 4) is 0 Å². The van der Waals surface area contributed by atoms with Gasteiger partial charge in [0.2, 0.25) is 17.7 Å². The van der Waals surface area contributed by atoms with Crippen molar-refractivity contribution < 1.29 is 29.4 Å². The van der Waals surface area contributed by atoms with Gasteiger partial charge in [0.1, 0.15) is 18.1 Å². The number of aliphatic carboxylic acids is 1. The summed E-state index contributed by atoms with van der Waals surface area (Å²) in [5.41, 5.74) is 5.49. The number of carboxylic acid groups (broad SMARTS) is 1. The largest absolute Gasteiger partial charge is 0.480 e. The van der Waals surface area contributed by atoms with Crippen LogP contribution in [0.15, 0.2) is 0 Å². The Bertz CT molecular complexity index is 548. The highest BCUT2D eigenvalue weighted by molar-refractivity contribution is 5.94. The highest BCUT2D eigenvalue weighted by Crippen LogP contribution is 2.06. The van der Waals surface area contributed by atoms with Crippen LogP contribution in [0.3, 0.4) is 0 Å². The molecule has 156 valence electrons. The summed E-state index contributed by atoms with van der Waals surface area (Å²) in [7, 11) is 0. The van der Waals surface area contributed by atoms with Crippen molar-refractivity contribution in [2.24, 2.45) is 17.6 Å². The van der Waals surface area contributed by atoms with Gasteiger partial charge < -0.3 is 31.9 Å². The van der Waals surface area contributed by atoms with E-state index in [1.54, 1.807) is 27.7 Å². The van der Waals surface area contributed by atoms with Crippen LogP contribution < -0.4 is 21.7 Å². The number of carbonyl (C=O) groups is 4. The maximum absolute atomic E-state index is 12.5. The van der Waals surface area contributed by atoms with E-state index in [4.69, 9.17) is 5.73 Å². The molecular weight excluding hydrogens is 356 g/mol. The van der Waals surface area contributed by atoms with Gasteiger partial charge in [-0.2, -0.15) is 0 Å². The van der Waals surface area contributed by atoms with Gasteiger partial charge in [0.25, 0.3) is 0 Å². The molecule has 0 aliphatic heterocycles. The third-order valence-electron chi connectivity index (χ3n) is 3.95. The summed E-state index contributed by atoms with van der Waals surface area (Å²) in [6.07, 6.45) is -1.28. The lowest BCUT2D eigenvalue weighted by molar-refractivity contribution is -0.144. The van der Waals surface area contributed by atoms with Crippen LogP contribution in [0, 0.1) is 11.8 Å². The Morgan fingerprint density at radius 1 is 0.704 bits per heavy atom. The maximum Gasteiger partial charge on any atom is 0.326 e. The van der Waals surface area contributed by atoms with E-state index >= 15 is 0 Å². The van der Waals surface area contributed by atoms with E-state index in [9.17, 15) is 29.4 Å². The molecule has 0 spiro atoms. The van der Waals surface area contributed by atoms with Crippen molar-refractivity contribution in [1.29, 1.82) is 0 Å². The Labute approximate surface area is 159 Å². The summed E-state index contributed by atoms with van der Waals surface area (Å²) >= 11 is 0. The van der Waals surface area contributed by atoms with Crippen LogP contribution in [0.25, 0.3) is 0 Å². The average molecular weight is 388 g/mol. The van der Waals surface area contributed by atoms with Crippen LogP contribution in [0.1, 0.15) is 41.5 Å². The minimum atomic E-state index is -1.38. The van der Waals surface area contributed by atoms with E-state index in [1.165, 1.54) is 13.8 Å². The monoisotopic (exact) mass is 388 g/mol. The molecule has 10 nitrogen and oxygen atoms in total. The molecule has 0 aromatic carbocycles. The summed E-state index contributed by atoms with van der Waals surface area (Å²) in [5.74, 6) is -3.98. The summed E-state index contributed by atoms with van der Waals surface area (Å²) in [4.78, 5) is 48.0. The lowest BCUT2D eigenvalue weighted by Crippen LogP contribution is -2.61. The van der Waals surface area contributed by atoms with Crippen LogP contribution in [0.4, 0.5) is 0 Å². The fourth-order valence-corrected chi connectivity index (χ4v) is 2.22. The first-order valence-electron chi connectivity index (χ1n) is 8.87. The molecule has 0 aromatic rings. The van der Waals surface area contributed by atoms with Crippen LogP contribution >= 0.6 is 0 Å². The lowest BCUT2D eigenvalue weighted by Gasteiger charge is -2.28. The predicted octanol–water partition coefficient (Wildman–Crippen LogP) is -1.43. The smallest absolute Gasteiger partial charge is 0.326 e. The number of carboxylic acids is 1. The Hall–Kier alpha value is -2.20. The SMILES string of the molecule is CC(N)C(=O)NC(C(=O)NC(C(=O)NC(C(=O)O)C(C)C)C(C)O)C(C)C. The molecule has 0 aliphatic rings. The molecule has 0 saturated heterocycles. The molecule has 10 heteroatoms. The second-order valence-corrected chi connectivity index (χ2v) is 7.31. The third kappa shape index (κ3) is 7.92. The van der Waals surface area contributed by atoms with Gasteiger partial charge in [0.15, 0.2) is 0 Å². The Balaban J connectivity index is 5.30. The summed E-state index contributed by atoms with van der Waals surface area (Å²) in [6.45, 7) is 9.39. The van der Waals surface area contributed by atoms with Gasteiger partial charge in [-0.25, -0.2) is 4.79 Å². The molecule has 5 atom stereocenters. The van der Waals surface area contributed by atoms with Crippen molar-refractivity contribution in [3.63, 3.8) is 0 Å². The molecule has 0 rings (SSSR count). The molecule has 0 saturated carbocycles. The average Bonchev–Trinajstić information content (AvgIpc) is 2.52. The van der Waals surface area contributed by atoms with Crippen molar-refractivity contribution in [3.05, 3.63) is 0 Å². The molecule has 0 heterocycles. The number of aliphatic hydroxyl groups excluding tert-OH is 1. The van der Waals surface area contributed by atoms with Gasteiger partial charge >= 0.3 is 5.97 Å². The Morgan fingerprint density at radius 3 is 1.41 bits per heavy atom. The van der Waals surface area contributed by atoms with Crippen LogP contribution in [-0.2, 0) is 19.2 Å². The fraction of sp³-hybridized carbons (Fsp3) is 0.765. The molecule has 5 unspecified atom stereocenters. The standard InChI is InChI=1S/C17H32N4O6/c1-7(2)11(19-14(23)9(5)18)15(24)21-13(10(6)22)16(25)20-12(8(3)4)17(26)27/h7-13,22H,18H2,1-6H3,(H,19,23)(H,20,25)(H,21,24)(H,26,27). The highest BCUT2D eigenvalue weighted by Gasteiger charge is 2.34. The van der Waals surface area contributed by atoms with Gasteiger partial charge in [0, 0.05) is 0 Å². The molecule has 0 aliphatic carbocycles. The lowest BCUT2D eigenvalue weighted by atomic mass is 10.0. The van der Waals surface area contributed by atoms with E-state index in [0.29, 0.717) is 0 Å². The number of hydrogen-bond acceptors (Lipinski definition) is 6. The molecule has 0 fully saturated rings. The van der Waals surface area contributed by atoms with Crippen molar-refractivity contribution in [2.75, 3.05) is 0 Å². The van der Waals surface area contributed by atoms with Crippen LogP contribution in [-0.4, -0.2) is 64.2 Å². The van der Waals surface area contributed by atoms with Crippen LogP contribution in [0.2, 0.25) is 0 Å². The zero-order chi connectivity index (χ0) is 21.5. The molecule has 3 amide bonds. The Morgan fingerprint density at radius 2 is 1.07 bits per heavy atom. The minimum Gasteiger partial charge on any atom is -0.480 e. The predicted molar refractivity (Wildman–Crippen MR) is 98.4 cm³/mol. The van der Waals surface area contributed by atoms with E-state index in [0.717, 1.165) is 0 Å². The molecule has 7 N–H and O–H groups in total. The molecular formula is C17H32N4O6. The topological polar surface area (TPSA) is 171 Å². The maximum atomic E-state index is 12.5. The number of rotatable bonds is 10. The molecule has 0 radical (unpaired) electrons. The summed E-state index contributed by atoms with van der Waals surface area (Å²) < 4.78 is 0. The van der Waals surface area contributed by atoms with E-state index in [1.807, 2.05) is 0 Å². The molecule has 27 heavy (non-hydrogen) atoms. The number of hydrogen-bond donors (Lipinski definition) is 6. The second kappa shape index (κ2) is 10.8. The first-order chi connectivity index (χ1) is 12.3. The zero-order valence-corrected chi connectivity index (χ0v) is 16.6. The number of nitrogens with two attached hydrogens (primary N) is 1. The number of amides is 3. The minimum absolute atomic E-state index is 0.312. The van der Waals surface area contributed by atoms with Crippen molar-refractivity contribution in [1.82, 2.24) is 16.0 Å². The van der Waals surface area contributed by atoms with Gasteiger partial charge in [0.05, 0.1) is 12.1 Å². The van der Waals surface area contributed by atoms with Crippen LogP contribution in [0.5, 0.6) is 0 Å². The molecule has 0 bridgehead atoms. The van der Waals surface area contributed by atoms with Gasteiger partial charge in [-0.1, -0.05) is 27.7 Å². The number of nitrogens with one attached hydrogen (secondary N) is 3. The zero-order valence-electron chi connectivity index (χ0n) is 16.6. The van der Waals surface area contributed by atoms with Gasteiger partial charge in [-0.15, -0.1) is 0 Å². The fourth-order valence-electron chi connectivity index (χ4n) is 2.22. The van der Waals surface area contributed by atoms with Crippen molar-refractivity contribution in [2.45, 2.75) is 71.8 Å². The van der Waals surface area contributed by atoms with Gasteiger partial charge in [-0.3, -0.25) is 14.4 Å². The van der Waals surface area contributed by atoms with Crippen molar-refractivity contribution >= 4 is 23.7 Å². The number of carbonyl (C=O) groups excluding carboxylic acids is 3. The van der Waals surface area contributed by atoms with Gasteiger partial charge in [-0.05, 0) is 25.7 Å². The Kier molecular flexibility index (Phi) is 9.95. The summed E-state index contributed by atoms with van der Waals surface area (Å²) in [5, 5.41) is 26.2. The normalized spacial score (nSPS) is 16.8. The summed E-state index contributed by atoms with van der Waals surface area (Å²) in [6, 6.07) is -4.35. The first-order valence-corrected chi connectivity index (χ1v) is 8.87. The van der Waals surface area contributed by atoms with E-state index in [2.05, 4.69) is 16.0 Å². The quantitative estimate of drug-likeness (QED) is 0.266.